The van der Waals surface area contributed by atoms with Crippen molar-refractivity contribution in [2.24, 2.45) is 0 Å². The SMILES string of the molecule is CCN(CC)CCCCNc1nc(C(C)C)nc2ccccc12. The van der Waals surface area contributed by atoms with Gasteiger partial charge in [-0.1, -0.05) is 39.8 Å². The van der Waals surface area contributed by atoms with Crippen LogP contribution in [0.3, 0.4) is 0 Å². The number of anilines is 1. The minimum Gasteiger partial charge on any atom is -0.369 e. The molecule has 0 aliphatic rings. The first-order valence-corrected chi connectivity index (χ1v) is 8.88. The second kappa shape index (κ2) is 8.82. The monoisotopic (exact) mass is 314 g/mol. The van der Waals surface area contributed by atoms with Crippen LogP contribution in [0.1, 0.15) is 52.3 Å². The van der Waals surface area contributed by atoms with E-state index in [1.165, 1.54) is 13.0 Å². The van der Waals surface area contributed by atoms with Crippen LogP contribution in [0, 0.1) is 0 Å². The third-order valence-corrected chi connectivity index (χ3v) is 4.22. The lowest BCUT2D eigenvalue weighted by Crippen LogP contribution is -2.24. The lowest BCUT2D eigenvalue weighted by molar-refractivity contribution is 0.298. The number of fused-ring (bicyclic) bond motifs is 1. The molecule has 1 N–H and O–H groups in total. The topological polar surface area (TPSA) is 41.0 Å². The van der Waals surface area contributed by atoms with Crippen LogP contribution in [0.25, 0.3) is 10.9 Å². The van der Waals surface area contributed by atoms with Crippen molar-refractivity contribution >= 4 is 16.7 Å². The maximum Gasteiger partial charge on any atom is 0.137 e. The summed E-state index contributed by atoms with van der Waals surface area (Å²) in [7, 11) is 0. The summed E-state index contributed by atoms with van der Waals surface area (Å²) in [4.78, 5) is 11.9. The van der Waals surface area contributed by atoms with Gasteiger partial charge >= 0.3 is 0 Å². The number of unbranched alkanes of at least 4 members (excludes halogenated alkanes) is 1. The van der Waals surface area contributed by atoms with Crippen LogP contribution in [-0.4, -0.2) is 41.0 Å². The number of para-hydroxylation sites is 1. The van der Waals surface area contributed by atoms with E-state index in [9.17, 15) is 0 Å². The predicted octanol–water partition coefficient (Wildman–Crippen LogP) is 4.29. The van der Waals surface area contributed by atoms with E-state index in [1.807, 2.05) is 12.1 Å². The van der Waals surface area contributed by atoms with Gasteiger partial charge in [0.15, 0.2) is 0 Å². The fourth-order valence-electron chi connectivity index (χ4n) is 2.69. The molecule has 0 radical (unpaired) electrons. The molecule has 0 aliphatic heterocycles. The van der Waals surface area contributed by atoms with Gasteiger partial charge in [-0.05, 0) is 44.6 Å². The van der Waals surface area contributed by atoms with Crippen LogP contribution in [0.2, 0.25) is 0 Å². The second-order valence-corrected chi connectivity index (χ2v) is 6.26. The molecule has 4 nitrogen and oxygen atoms in total. The highest BCUT2D eigenvalue weighted by Crippen LogP contribution is 2.22. The van der Waals surface area contributed by atoms with Gasteiger partial charge < -0.3 is 10.2 Å². The van der Waals surface area contributed by atoms with Gasteiger partial charge in [0, 0.05) is 17.8 Å². The van der Waals surface area contributed by atoms with Gasteiger partial charge in [-0.25, -0.2) is 9.97 Å². The molecule has 0 atom stereocenters. The summed E-state index contributed by atoms with van der Waals surface area (Å²) in [6.45, 7) is 13.1. The highest BCUT2D eigenvalue weighted by Gasteiger charge is 2.09. The van der Waals surface area contributed by atoms with E-state index in [-0.39, 0.29) is 0 Å². The Morgan fingerprint density at radius 2 is 1.78 bits per heavy atom. The number of nitrogens with zero attached hydrogens (tertiary/aromatic N) is 3. The molecule has 0 spiro atoms. The fraction of sp³-hybridized carbons (Fsp3) is 0.579. The minimum absolute atomic E-state index is 0.336. The van der Waals surface area contributed by atoms with E-state index in [0.29, 0.717) is 5.92 Å². The molecule has 0 amide bonds. The Morgan fingerprint density at radius 3 is 2.48 bits per heavy atom. The Morgan fingerprint density at radius 1 is 1.04 bits per heavy atom. The maximum absolute atomic E-state index is 4.73. The van der Waals surface area contributed by atoms with E-state index in [1.54, 1.807) is 0 Å². The van der Waals surface area contributed by atoms with E-state index in [0.717, 1.165) is 48.6 Å². The Balaban J connectivity index is 1.99. The first kappa shape index (κ1) is 17.7. The third kappa shape index (κ3) is 4.90. The molecule has 1 aromatic carbocycles. The van der Waals surface area contributed by atoms with E-state index >= 15 is 0 Å². The molecule has 0 fully saturated rings. The van der Waals surface area contributed by atoms with E-state index < -0.39 is 0 Å². The van der Waals surface area contributed by atoms with Crippen molar-refractivity contribution in [3.8, 4) is 0 Å². The molecule has 1 aromatic heterocycles. The van der Waals surface area contributed by atoms with Crippen molar-refractivity contribution in [3.63, 3.8) is 0 Å². The molecule has 0 aliphatic carbocycles. The molecule has 1 heterocycles. The molecule has 2 rings (SSSR count). The number of rotatable bonds is 9. The molecule has 126 valence electrons. The fourth-order valence-corrected chi connectivity index (χ4v) is 2.69. The smallest absolute Gasteiger partial charge is 0.137 e. The Bertz CT molecular complexity index is 605. The standard InChI is InChI=1S/C19H30N4/c1-5-23(6-2)14-10-9-13-20-19-16-11-7-8-12-17(16)21-18(22-19)15(3)4/h7-8,11-12,15H,5-6,9-10,13-14H2,1-4H3,(H,20,21,22). The van der Waals surface area contributed by atoms with Crippen LogP contribution in [0.15, 0.2) is 24.3 Å². The lowest BCUT2D eigenvalue weighted by atomic mass is 10.1. The summed E-state index contributed by atoms with van der Waals surface area (Å²) in [6, 6.07) is 8.24. The van der Waals surface area contributed by atoms with Gasteiger partial charge in [0.1, 0.15) is 11.6 Å². The predicted molar refractivity (Wildman–Crippen MR) is 99.1 cm³/mol. The zero-order valence-corrected chi connectivity index (χ0v) is 15.0. The summed E-state index contributed by atoms with van der Waals surface area (Å²) < 4.78 is 0. The summed E-state index contributed by atoms with van der Waals surface area (Å²) >= 11 is 0. The first-order valence-electron chi connectivity index (χ1n) is 8.88. The Labute approximate surface area is 140 Å². The average Bonchev–Trinajstić information content (AvgIpc) is 2.57. The lowest BCUT2D eigenvalue weighted by Gasteiger charge is -2.17. The normalized spacial score (nSPS) is 11.6. The van der Waals surface area contributed by atoms with E-state index in [4.69, 9.17) is 4.98 Å². The van der Waals surface area contributed by atoms with Crippen LogP contribution >= 0.6 is 0 Å². The van der Waals surface area contributed by atoms with Crippen LogP contribution in [0.5, 0.6) is 0 Å². The third-order valence-electron chi connectivity index (χ3n) is 4.22. The molecule has 4 heteroatoms. The van der Waals surface area contributed by atoms with Crippen molar-refractivity contribution in [2.45, 2.75) is 46.5 Å². The zero-order chi connectivity index (χ0) is 16.7. The molecular formula is C19H30N4. The van der Waals surface area contributed by atoms with Crippen molar-refractivity contribution in [2.75, 3.05) is 31.5 Å². The van der Waals surface area contributed by atoms with Crippen molar-refractivity contribution in [1.29, 1.82) is 0 Å². The number of benzene rings is 1. The Hall–Kier alpha value is -1.68. The molecule has 0 saturated carbocycles. The number of nitrogens with one attached hydrogen (secondary N) is 1. The molecule has 0 unspecified atom stereocenters. The molecule has 23 heavy (non-hydrogen) atoms. The second-order valence-electron chi connectivity index (χ2n) is 6.26. The van der Waals surface area contributed by atoms with Gasteiger partial charge in [-0.3, -0.25) is 0 Å². The summed E-state index contributed by atoms with van der Waals surface area (Å²) in [5, 5.41) is 4.63. The highest BCUT2D eigenvalue weighted by atomic mass is 15.1. The molecule has 0 bridgehead atoms. The first-order chi connectivity index (χ1) is 11.2. The summed E-state index contributed by atoms with van der Waals surface area (Å²) in [6.07, 6.45) is 2.38. The maximum atomic E-state index is 4.73. The van der Waals surface area contributed by atoms with Gasteiger partial charge in [-0.2, -0.15) is 0 Å². The molecule has 2 aromatic rings. The number of hydrogen-bond donors (Lipinski definition) is 1. The number of aromatic nitrogens is 2. The largest absolute Gasteiger partial charge is 0.369 e. The highest BCUT2D eigenvalue weighted by molar-refractivity contribution is 5.89. The molecular weight excluding hydrogens is 284 g/mol. The average molecular weight is 314 g/mol. The van der Waals surface area contributed by atoms with Crippen LogP contribution < -0.4 is 5.32 Å². The zero-order valence-electron chi connectivity index (χ0n) is 15.0. The van der Waals surface area contributed by atoms with Gasteiger partial charge in [0.2, 0.25) is 0 Å². The van der Waals surface area contributed by atoms with Gasteiger partial charge in [0.05, 0.1) is 5.52 Å². The number of hydrogen-bond acceptors (Lipinski definition) is 4. The van der Waals surface area contributed by atoms with Crippen LogP contribution in [-0.2, 0) is 0 Å². The van der Waals surface area contributed by atoms with E-state index in [2.05, 4.69) is 55.0 Å². The van der Waals surface area contributed by atoms with Crippen molar-refractivity contribution < 1.29 is 0 Å². The van der Waals surface area contributed by atoms with Crippen molar-refractivity contribution in [1.82, 2.24) is 14.9 Å². The quantitative estimate of drug-likeness (QED) is 0.701. The summed E-state index contributed by atoms with van der Waals surface area (Å²) in [5.74, 6) is 2.22. The van der Waals surface area contributed by atoms with Crippen molar-refractivity contribution in [3.05, 3.63) is 30.1 Å². The van der Waals surface area contributed by atoms with Gasteiger partial charge in [0.25, 0.3) is 0 Å². The minimum atomic E-state index is 0.336. The Kier molecular flexibility index (Phi) is 6.78. The summed E-state index contributed by atoms with van der Waals surface area (Å²) in [5.41, 5.74) is 1.02. The van der Waals surface area contributed by atoms with Gasteiger partial charge in [-0.15, -0.1) is 0 Å². The van der Waals surface area contributed by atoms with Crippen LogP contribution in [0.4, 0.5) is 5.82 Å². The molecule has 0 saturated heterocycles.